The fourth-order valence-electron chi connectivity index (χ4n) is 2.42. The van der Waals surface area contributed by atoms with Gasteiger partial charge < -0.3 is 5.32 Å². The van der Waals surface area contributed by atoms with E-state index < -0.39 is 10.0 Å². The van der Waals surface area contributed by atoms with Gasteiger partial charge in [0, 0.05) is 25.8 Å². The number of nitrogens with one attached hydrogen (secondary N) is 1. The van der Waals surface area contributed by atoms with E-state index in [1.54, 1.807) is 23.5 Å². The molecule has 2 heterocycles. The van der Waals surface area contributed by atoms with E-state index in [4.69, 9.17) is 0 Å². The summed E-state index contributed by atoms with van der Waals surface area (Å²) in [7, 11) is -1.66. The molecule has 1 aromatic heterocycles. The van der Waals surface area contributed by atoms with Crippen molar-refractivity contribution in [2.24, 2.45) is 0 Å². The maximum atomic E-state index is 12.6. The monoisotopic (exact) mass is 283 g/mol. The molecule has 1 atom stereocenters. The van der Waals surface area contributed by atoms with Crippen LogP contribution in [0.4, 0.5) is 5.82 Å². The summed E-state index contributed by atoms with van der Waals surface area (Å²) in [6.45, 7) is 2.59. The molecule has 2 rings (SSSR count). The van der Waals surface area contributed by atoms with Crippen molar-refractivity contribution in [3.05, 3.63) is 18.3 Å². The van der Waals surface area contributed by atoms with Crippen molar-refractivity contribution in [2.75, 3.05) is 18.9 Å². The van der Waals surface area contributed by atoms with Gasteiger partial charge in [0.05, 0.1) is 0 Å². The summed E-state index contributed by atoms with van der Waals surface area (Å²) in [5.41, 5.74) is 0. The average Bonchev–Trinajstić information content (AvgIpc) is 2.64. The predicted molar refractivity (Wildman–Crippen MR) is 75.6 cm³/mol. The van der Waals surface area contributed by atoms with Crippen molar-refractivity contribution in [2.45, 2.75) is 43.5 Å². The molecule has 1 aliphatic rings. The summed E-state index contributed by atoms with van der Waals surface area (Å²) in [4.78, 5) is 4.37. The van der Waals surface area contributed by atoms with Crippen LogP contribution in [0.2, 0.25) is 0 Å². The van der Waals surface area contributed by atoms with Gasteiger partial charge in [-0.25, -0.2) is 13.4 Å². The molecule has 6 heteroatoms. The first-order chi connectivity index (χ1) is 9.05. The second-order valence-corrected chi connectivity index (χ2v) is 6.83. The first kappa shape index (κ1) is 14.3. The molecular formula is C13H21N3O2S. The fraction of sp³-hybridized carbons (Fsp3) is 0.615. The van der Waals surface area contributed by atoms with E-state index in [9.17, 15) is 8.42 Å². The zero-order chi connectivity index (χ0) is 13.9. The zero-order valence-electron chi connectivity index (χ0n) is 11.5. The Labute approximate surface area is 115 Å². The van der Waals surface area contributed by atoms with Crippen LogP contribution >= 0.6 is 0 Å². The SMILES string of the molecule is CNc1ccc(S(=O)(=O)N2CCCCCC2C)cn1. The normalized spacial score (nSPS) is 21.9. The van der Waals surface area contributed by atoms with Gasteiger partial charge in [-0.05, 0) is 31.9 Å². The van der Waals surface area contributed by atoms with Gasteiger partial charge in [0.15, 0.2) is 0 Å². The molecule has 1 aromatic rings. The maximum absolute atomic E-state index is 12.6. The van der Waals surface area contributed by atoms with Gasteiger partial charge in [-0.1, -0.05) is 12.8 Å². The summed E-state index contributed by atoms with van der Waals surface area (Å²) >= 11 is 0. The lowest BCUT2D eigenvalue weighted by molar-refractivity contribution is 0.342. The van der Waals surface area contributed by atoms with Crippen LogP contribution in [0.15, 0.2) is 23.2 Å². The number of hydrogen-bond acceptors (Lipinski definition) is 4. The van der Waals surface area contributed by atoms with E-state index in [1.807, 2.05) is 6.92 Å². The molecule has 1 fully saturated rings. The lowest BCUT2D eigenvalue weighted by Gasteiger charge is -2.26. The fourth-order valence-corrected chi connectivity index (χ4v) is 4.07. The van der Waals surface area contributed by atoms with E-state index >= 15 is 0 Å². The van der Waals surface area contributed by atoms with E-state index in [0.717, 1.165) is 25.7 Å². The minimum Gasteiger partial charge on any atom is -0.373 e. The molecule has 1 N–H and O–H groups in total. The molecule has 5 nitrogen and oxygen atoms in total. The van der Waals surface area contributed by atoms with Crippen molar-refractivity contribution < 1.29 is 8.42 Å². The summed E-state index contributed by atoms with van der Waals surface area (Å²) in [5.74, 6) is 0.669. The molecule has 0 spiro atoms. The second-order valence-electron chi connectivity index (χ2n) is 4.94. The number of aromatic nitrogens is 1. The topological polar surface area (TPSA) is 62.3 Å². The van der Waals surface area contributed by atoms with E-state index in [2.05, 4.69) is 10.3 Å². The summed E-state index contributed by atoms with van der Waals surface area (Å²) < 4.78 is 26.9. The maximum Gasteiger partial charge on any atom is 0.244 e. The molecule has 19 heavy (non-hydrogen) atoms. The Kier molecular flexibility index (Phi) is 4.42. The highest BCUT2D eigenvalue weighted by Crippen LogP contribution is 2.24. The number of pyridine rings is 1. The first-order valence-corrected chi connectivity index (χ1v) is 8.15. The molecule has 0 amide bonds. The third kappa shape index (κ3) is 3.06. The smallest absolute Gasteiger partial charge is 0.244 e. The number of nitrogens with zero attached hydrogens (tertiary/aromatic N) is 2. The number of hydrogen-bond donors (Lipinski definition) is 1. The van der Waals surface area contributed by atoms with Crippen LogP contribution in [0.5, 0.6) is 0 Å². The molecule has 1 aliphatic heterocycles. The third-order valence-electron chi connectivity index (χ3n) is 3.59. The predicted octanol–water partition coefficient (Wildman–Crippen LogP) is 2.08. The van der Waals surface area contributed by atoms with Gasteiger partial charge in [0.1, 0.15) is 10.7 Å². The Hall–Kier alpha value is -1.14. The Bertz CT molecular complexity index is 513. The van der Waals surface area contributed by atoms with Crippen LogP contribution in [0.3, 0.4) is 0 Å². The van der Waals surface area contributed by atoms with Gasteiger partial charge in [0.25, 0.3) is 0 Å². The molecule has 106 valence electrons. The van der Waals surface area contributed by atoms with Crippen LogP contribution < -0.4 is 5.32 Å². The van der Waals surface area contributed by atoms with Gasteiger partial charge in [0.2, 0.25) is 10.0 Å². The van der Waals surface area contributed by atoms with Crippen molar-refractivity contribution >= 4 is 15.8 Å². The highest BCUT2D eigenvalue weighted by Gasteiger charge is 2.30. The highest BCUT2D eigenvalue weighted by molar-refractivity contribution is 7.89. The minimum atomic E-state index is -3.42. The van der Waals surface area contributed by atoms with E-state index in [-0.39, 0.29) is 10.9 Å². The number of anilines is 1. The summed E-state index contributed by atoms with van der Waals surface area (Å²) in [6, 6.07) is 3.37. The van der Waals surface area contributed by atoms with Gasteiger partial charge in [-0.2, -0.15) is 4.31 Å². The Morgan fingerprint density at radius 1 is 1.32 bits per heavy atom. The van der Waals surface area contributed by atoms with Crippen LogP contribution in [0.25, 0.3) is 0 Å². The molecule has 1 saturated heterocycles. The summed E-state index contributed by atoms with van der Waals surface area (Å²) in [6.07, 6.45) is 5.50. The standard InChI is InChI=1S/C13H21N3O2S/c1-11-6-4-3-5-9-16(11)19(17,18)12-7-8-13(14-2)15-10-12/h7-8,10-11H,3-6,9H2,1-2H3,(H,14,15). The van der Waals surface area contributed by atoms with Crippen LogP contribution in [0.1, 0.15) is 32.6 Å². The van der Waals surface area contributed by atoms with Gasteiger partial charge in [-0.15, -0.1) is 0 Å². The van der Waals surface area contributed by atoms with Gasteiger partial charge in [-0.3, -0.25) is 0 Å². The quantitative estimate of drug-likeness (QED) is 0.922. The van der Waals surface area contributed by atoms with Crippen LogP contribution in [-0.2, 0) is 10.0 Å². The van der Waals surface area contributed by atoms with E-state index in [1.165, 1.54) is 6.20 Å². The Morgan fingerprint density at radius 2 is 2.11 bits per heavy atom. The minimum absolute atomic E-state index is 0.0662. The highest BCUT2D eigenvalue weighted by atomic mass is 32.2. The number of sulfonamides is 1. The van der Waals surface area contributed by atoms with Crippen LogP contribution in [-0.4, -0.2) is 37.3 Å². The second kappa shape index (κ2) is 5.88. The van der Waals surface area contributed by atoms with Gasteiger partial charge >= 0.3 is 0 Å². The summed E-state index contributed by atoms with van der Waals surface area (Å²) in [5, 5.41) is 2.88. The van der Waals surface area contributed by atoms with Crippen molar-refractivity contribution in [1.82, 2.24) is 9.29 Å². The van der Waals surface area contributed by atoms with E-state index in [0.29, 0.717) is 12.4 Å². The lowest BCUT2D eigenvalue weighted by Crippen LogP contribution is -2.38. The Balaban J connectivity index is 2.29. The molecular weight excluding hydrogens is 262 g/mol. The molecule has 0 bridgehead atoms. The first-order valence-electron chi connectivity index (χ1n) is 6.71. The average molecular weight is 283 g/mol. The molecule has 0 saturated carbocycles. The van der Waals surface area contributed by atoms with Crippen molar-refractivity contribution in [3.8, 4) is 0 Å². The third-order valence-corrected chi connectivity index (χ3v) is 5.59. The number of rotatable bonds is 3. The Morgan fingerprint density at radius 3 is 2.74 bits per heavy atom. The molecule has 1 unspecified atom stereocenters. The lowest BCUT2D eigenvalue weighted by atomic mass is 10.1. The van der Waals surface area contributed by atoms with Crippen molar-refractivity contribution in [1.29, 1.82) is 0 Å². The van der Waals surface area contributed by atoms with Crippen LogP contribution in [0, 0.1) is 0 Å². The molecule has 0 aromatic carbocycles. The molecule has 0 aliphatic carbocycles. The molecule has 0 radical (unpaired) electrons. The largest absolute Gasteiger partial charge is 0.373 e. The van der Waals surface area contributed by atoms with Crippen molar-refractivity contribution in [3.63, 3.8) is 0 Å². The zero-order valence-corrected chi connectivity index (χ0v) is 12.3.